The van der Waals surface area contributed by atoms with Gasteiger partial charge in [-0.1, -0.05) is 30.3 Å². The van der Waals surface area contributed by atoms with Crippen LogP contribution in [0.2, 0.25) is 0 Å². The van der Waals surface area contributed by atoms with E-state index in [1.54, 1.807) is 0 Å². The zero-order valence-corrected chi connectivity index (χ0v) is 15.1. The summed E-state index contributed by atoms with van der Waals surface area (Å²) in [5, 5.41) is 5.37. The van der Waals surface area contributed by atoms with Gasteiger partial charge in [0.1, 0.15) is 0 Å². The summed E-state index contributed by atoms with van der Waals surface area (Å²) in [5.74, 6) is 0.146. The summed E-state index contributed by atoms with van der Waals surface area (Å²) < 4.78 is 5.35. The fourth-order valence-electron chi connectivity index (χ4n) is 3.75. The van der Waals surface area contributed by atoms with E-state index in [1.807, 2.05) is 17.4 Å². The second kappa shape index (κ2) is 7.68. The fraction of sp³-hybridized carbons (Fsp3) is 0.450. The average molecular weight is 356 g/mol. The first-order valence-corrected chi connectivity index (χ1v) is 9.89. The minimum absolute atomic E-state index is 0.0151. The van der Waals surface area contributed by atoms with Gasteiger partial charge in [0.25, 0.3) is 0 Å². The average Bonchev–Trinajstić information content (AvgIpc) is 3.34. The number of nitrogens with zero attached hydrogens (tertiary/aromatic N) is 1. The predicted molar refractivity (Wildman–Crippen MR) is 99.6 cm³/mol. The molecule has 2 aromatic rings. The molecule has 1 aromatic carbocycles. The van der Waals surface area contributed by atoms with E-state index in [2.05, 4.69) is 45.9 Å². The van der Waals surface area contributed by atoms with Crippen LogP contribution >= 0.6 is 11.3 Å². The number of hydrogen-bond donors (Lipinski definition) is 1. The van der Waals surface area contributed by atoms with Crippen molar-refractivity contribution in [3.05, 3.63) is 57.8 Å². The van der Waals surface area contributed by atoms with Gasteiger partial charge in [-0.3, -0.25) is 9.69 Å². The Balaban J connectivity index is 1.48. The van der Waals surface area contributed by atoms with E-state index >= 15 is 0 Å². The summed E-state index contributed by atoms with van der Waals surface area (Å²) in [6.45, 7) is 3.91. The maximum Gasteiger partial charge on any atom is 0.225 e. The van der Waals surface area contributed by atoms with Gasteiger partial charge in [0.15, 0.2) is 0 Å². The molecule has 4 rings (SSSR count). The molecule has 1 fully saturated rings. The Kier molecular flexibility index (Phi) is 5.15. The van der Waals surface area contributed by atoms with Crippen LogP contribution in [0, 0.1) is 5.92 Å². The van der Waals surface area contributed by atoms with Crippen LogP contribution in [0.4, 0.5) is 0 Å². The maximum absolute atomic E-state index is 12.4. The first-order valence-electron chi connectivity index (χ1n) is 9.01. The van der Waals surface area contributed by atoms with Crippen LogP contribution in [0.5, 0.6) is 0 Å². The van der Waals surface area contributed by atoms with Gasteiger partial charge in [0.05, 0.1) is 18.6 Å². The summed E-state index contributed by atoms with van der Waals surface area (Å²) in [6.07, 6.45) is 1.94. The molecule has 4 nitrogen and oxygen atoms in total. The number of amides is 1. The van der Waals surface area contributed by atoms with Crippen LogP contribution in [-0.4, -0.2) is 37.1 Å². The number of hydrogen-bond acceptors (Lipinski definition) is 4. The number of nitrogens with one attached hydrogen (secondary N) is 1. The molecule has 1 amide bonds. The van der Waals surface area contributed by atoms with Crippen LogP contribution < -0.4 is 5.32 Å². The highest BCUT2D eigenvalue weighted by molar-refractivity contribution is 7.10. The zero-order valence-electron chi connectivity index (χ0n) is 14.3. The normalized spacial score (nSPS) is 21.7. The highest BCUT2D eigenvalue weighted by Crippen LogP contribution is 2.30. The van der Waals surface area contributed by atoms with Crippen molar-refractivity contribution < 1.29 is 9.53 Å². The molecule has 25 heavy (non-hydrogen) atoms. The number of carbonyl (C=O) groups is 1. The van der Waals surface area contributed by atoms with Crippen LogP contribution in [0.25, 0.3) is 0 Å². The van der Waals surface area contributed by atoms with Crippen molar-refractivity contribution >= 4 is 17.2 Å². The lowest BCUT2D eigenvalue weighted by Gasteiger charge is -2.35. The van der Waals surface area contributed by atoms with E-state index in [4.69, 9.17) is 4.74 Å². The van der Waals surface area contributed by atoms with Crippen molar-refractivity contribution in [2.45, 2.75) is 25.4 Å². The van der Waals surface area contributed by atoms with Gasteiger partial charge in [0.2, 0.25) is 5.91 Å². The van der Waals surface area contributed by atoms with Gasteiger partial charge in [-0.2, -0.15) is 0 Å². The van der Waals surface area contributed by atoms with Gasteiger partial charge >= 0.3 is 0 Å². The Bertz CT molecular complexity index is 709. The molecule has 2 aliphatic rings. The van der Waals surface area contributed by atoms with Crippen LogP contribution in [0.15, 0.2) is 41.8 Å². The number of ether oxygens (including phenoxy) is 1. The van der Waals surface area contributed by atoms with E-state index in [0.29, 0.717) is 19.8 Å². The third-order valence-corrected chi connectivity index (χ3v) is 6.26. The molecule has 0 spiro atoms. The van der Waals surface area contributed by atoms with Gasteiger partial charge in [0, 0.05) is 31.1 Å². The van der Waals surface area contributed by atoms with Crippen molar-refractivity contribution in [2.24, 2.45) is 5.92 Å². The van der Waals surface area contributed by atoms with Crippen LogP contribution in [0.1, 0.15) is 28.5 Å². The molecule has 5 heteroatoms. The molecule has 2 atom stereocenters. The molecule has 0 unspecified atom stereocenters. The summed E-state index contributed by atoms with van der Waals surface area (Å²) in [5.41, 5.74) is 2.71. The smallest absolute Gasteiger partial charge is 0.225 e. The number of fused-ring (bicyclic) bond motifs is 1. The van der Waals surface area contributed by atoms with Crippen molar-refractivity contribution in [1.82, 2.24) is 10.2 Å². The van der Waals surface area contributed by atoms with E-state index in [0.717, 1.165) is 25.9 Å². The molecule has 0 aliphatic carbocycles. The molecular formula is C20H24N2O2S. The molecule has 1 aromatic heterocycles. The third kappa shape index (κ3) is 3.78. The second-order valence-electron chi connectivity index (χ2n) is 6.82. The molecule has 1 saturated heterocycles. The van der Waals surface area contributed by atoms with Crippen molar-refractivity contribution in [1.29, 1.82) is 0 Å². The molecule has 0 bridgehead atoms. The quantitative estimate of drug-likeness (QED) is 0.895. The van der Waals surface area contributed by atoms with Gasteiger partial charge < -0.3 is 10.1 Å². The Morgan fingerprint density at radius 2 is 2.20 bits per heavy atom. The minimum atomic E-state index is 0.0151. The summed E-state index contributed by atoms with van der Waals surface area (Å²) >= 11 is 1.86. The Hall–Kier alpha value is -1.69. The Morgan fingerprint density at radius 3 is 3.00 bits per heavy atom. The molecule has 132 valence electrons. The van der Waals surface area contributed by atoms with Crippen LogP contribution in [-0.2, 0) is 22.5 Å². The van der Waals surface area contributed by atoms with Gasteiger partial charge in [-0.25, -0.2) is 0 Å². The summed E-state index contributed by atoms with van der Waals surface area (Å²) in [4.78, 5) is 16.4. The lowest BCUT2D eigenvalue weighted by molar-refractivity contribution is -0.125. The van der Waals surface area contributed by atoms with E-state index < -0.39 is 0 Å². The van der Waals surface area contributed by atoms with Gasteiger partial charge in [-0.15, -0.1) is 11.3 Å². The van der Waals surface area contributed by atoms with Crippen LogP contribution in [0.3, 0.4) is 0 Å². The largest absolute Gasteiger partial charge is 0.381 e. The summed E-state index contributed by atoms with van der Waals surface area (Å²) in [6, 6.07) is 13.0. The maximum atomic E-state index is 12.4. The predicted octanol–water partition coefficient (Wildman–Crippen LogP) is 3.00. The van der Waals surface area contributed by atoms with Crippen molar-refractivity contribution in [2.75, 3.05) is 26.3 Å². The minimum Gasteiger partial charge on any atom is -0.381 e. The first-order chi connectivity index (χ1) is 12.3. The number of thiophene rings is 1. The topological polar surface area (TPSA) is 41.6 Å². The van der Waals surface area contributed by atoms with Gasteiger partial charge in [-0.05, 0) is 35.4 Å². The summed E-state index contributed by atoms with van der Waals surface area (Å²) in [7, 11) is 0. The van der Waals surface area contributed by atoms with Crippen molar-refractivity contribution in [3.8, 4) is 0 Å². The number of carbonyl (C=O) groups excluding carboxylic acids is 1. The molecule has 1 N–H and O–H groups in total. The monoisotopic (exact) mass is 356 g/mol. The highest BCUT2D eigenvalue weighted by atomic mass is 32.1. The fourth-order valence-corrected chi connectivity index (χ4v) is 4.64. The standard InChI is InChI=1S/C20H24N2O2S/c23-20(17-7-10-24-14-17)21-12-18(15-4-2-1-3-5-15)22-9-6-19-16(13-22)8-11-25-19/h1-5,8,11,17-18H,6-7,9-10,12-14H2,(H,21,23)/t17-,18-/m0/s1. The third-order valence-electron chi connectivity index (χ3n) is 5.23. The lowest BCUT2D eigenvalue weighted by atomic mass is 10.0. The van der Waals surface area contributed by atoms with E-state index in [9.17, 15) is 4.79 Å². The molecule has 3 heterocycles. The first kappa shape index (κ1) is 16.8. The van der Waals surface area contributed by atoms with E-state index in [-0.39, 0.29) is 17.9 Å². The van der Waals surface area contributed by atoms with Crippen molar-refractivity contribution in [3.63, 3.8) is 0 Å². The second-order valence-corrected chi connectivity index (χ2v) is 7.82. The molecule has 0 radical (unpaired) electrons. The highest BCUT2D eigenvalue weighted by Gasteiger charge is 2.28. The molecule has 2 aliphatic heterocycles. The SMILES string of the molecule is O=C(NC[C@@H](c1ccccc1)N1CCc2sccc2C1)[C@H]1CCOC1. The number of benzene rings is 1. The zero-order chi connectivity index (χ0) is 17.1. The molecule has 0 saturated carbocycles. The Morgan fingerprint density at radius 1 is 1.32 bits per heavy atom. The van der Waals surface area contributed by atoms with E-state index in [1.165, 1.54) is 16.0 Å². The Labute approximate surface area is 152 Å². The molecular weight excluding hydrogens is 332 g/mol. The number of rotatable bonds is 5. The lowest BCUT2D eigenvalue weighted by Crippen LogP contribution is -2.42.